The van der Waals surface area contributed by atoms with E-state index in [-0.39, 0.29) is 32.1 Å². The number of ether oxygens (including phenoxy) is 3. The molecule has 0 aliphatic heterocycles. The number of thiophene rings is 1. The van der Waals surface area contributed by atoms with Gasteiger partial charge in [0.05, 0.1) is 31.8 Å². The van der Waals surface area contributed by atoms with E-state index in [0.717, 1.165) is 11.3 Å². The highest BCUT2D eigenvalue weighted by molar-refractivity contribution is 7.92. The first-order chi connectivity index (χ1) is 17.1. The van der Waals surface area contributed by atoms with E-state index in [1.165, 1.54) is 58.0 Å². The molecular weight excluding hydrogens is 530 g/mol. The van der Waals surface area contributed by atoms with Crippen LogP contribution in [0.3, 0.4) is 0 Å². The molecule has 3 rings (SSSR count). The third kappa shape index (κ3) is 6.05. The number of thiocarbonyl (C=S) groups is 1. The molecule has 2 heterocycles. The van der Waals surface area contributed by atoms with Gasteiger partial charge in [-0.3, -0.25) is 4.72 Å². The van der Waals surface area contributed by atoms with Gasteiger partial charge in [-0.2, -0.15) is 0 Å². The van der Waals surface area contributed by atoms with E-state index < -0.39 is 22.0 Å². The van der Waals surface area contributed by atoms with E-state index in [0.29, 0.717) is 16.3 Å². The summed E-state index contributed by atoms with van der Waals surface area (Å²) in [5, 5.41) is 6.16. The number of nitrogens with one attached hydrogen (secondary N) is 3. The lowest BCUT2D eigenvalue weighted by Crippen LogP contribution is -2.20. The van der Waals surface area contributed by atoms with Crippen molar-refractivity contribution in [2.45, 2.75) is 11.8 Å². The van der Waals surface area contributed by atoms with Crippen molar-refractivity contribution in [1.82, 2.24) is 9.97 Å². The molecule has 0 spiro atoms. The summed E-state index contributed by atoms with van der Waals surface area (Å²) in [5.41, 5.74) is 1.02. The molecule has 0 aliphatic carbocycles. The Morgan fingerprint density at radius 3 is 2.28 bits per heavy atom. The molecule has 1 aromatic carbocycles. The van der Waals surface area contributed by atoms with Crippen molar-refractivity contribution in [2.24, 2.45) is 0 Å². The topological polar surface area (TPSA) is 158 Å². The van der Waals surface area contributed by atoms with Gasteiger partial charge in [0, 0.05) is 11.8 Å². The highest BCUT2D eigenvalue weighted by atomic mass is 32.2. The molecule has 190 valence electrons. The molecular formula is C21H21N5O7S3. The average Bonchev–Trinajstić information content (AvgIpc) is 3.18. The number of methoxy groups -OCH3 is 3. The van der Waals surface area contributed by atoms with Crippen molar-refractivity contribution < 1.29 is 32.2 Å². The second kappa shape index (κ2) is 11.3. The van der Waals surface area contributed by atoms with Gasteiger partial charge < -0.3 is 24.8 Å². The zero-order valence-corrected chi connectivity index (χ0v) is 21.9. The summed E-state index contributed by atoms with van der Waals surface area (Å²) in [6.45, 7) is 1.60. The first-order valence-electron chi connectivity index (χ1n) is 9.96. The second-order valence-electron chi connectivity index (χ2n) is 6.90. The molecule has 0 bridgehead atoms. The molecule has 0 amide bonds. The van der Waals surface area contributed by atoms with Gasteiger partial charge in [-0.15, -0.1) is 11.3 Å². The molecule has 2 aromatic heterocycles. The van der Waals surface area contributed by atoms with Crippen molar-refractivity contribution in [2.75, 3.05) is 36.7 Å². The van der Waals surface area contributed by atoms with Crippen molar-refractivity contribution in [3.8, 4) is 5.88 Å². The molecule has 0 saturated carbocycles. The zero-order chi connectivity index (χ0) is 26.5. The van der Waals surface area contributed by atoms with Crippen LogP contribution in [-0.4, -0.2) is 56.8 Å². The predicted molar refractivity (Wildman–Crippen MR) is 137 cm³/mol. The smallest absolute Gasteiger partial charge is 0.348 e. The predicted octanol–water partition coefficient (Wildman–Crippen LogP) is 3.04. The summed E-state index contributed by atoms with van der Waals surface area (Å²) >= 11 is 6.31. The number of hydrogen-bond donors (Lipinski definition) is 3. The van der Waals surface area contributed by atoms with Crippen molar-refractivity contribution in [3.63, 3.8) is 0 Å². The second-order valence-corrected chi connectivity index (χ2v) is 10.0. The minimum absolute atomic E-state index is 0.0194. The molecule has 0 aliphatic rings. The number of aromatic nitrogens is 2. The molecule has 0 radical (unpaired) electrons. The number of sulfonamides is 1. The van der Waals surface area contributed by atoms with E-state index >= 15 is 0 Å². The monoisotopic (exact) mass is 551 g/mol. The van der Waals surface area contributed by atoms with Gasteiger partial charge in [0.1, 0.15) is 22.0 Å². The normalized spacial score (nSPS) is 10.8. The van der Waals surface area contributed by atoms with Crippen LogP contribution in [0.1, 0.15) is 25.6 Å². The average molecular weight is 552 g/mol. The Balaban J connectivity index is 1.74. The van der Waals surface area contributed by atoms with Gasteiger partial charge in [-0.05, 0) is 49.0 Å². The summed E-state index contributed by atoms with van der Waals surface area (Å²) < 4.78 is 42.2. The maximum atomic E-state index is 12.7. The van der Waals surface area contributed by atoms with Gasteiger partial charge in [0.15, 0.2) is 5.11 Å². The number of benzene rings is 1. The number of rotatable bonds is 8. The Morgan fingerprint density at radius 1 is 1.00 bits per heavy atom. The molecule has 15 heteroatoms. The summed E-state index contributed by atoms with van der Waals surface area (Å²) in [7, 11) is -0.0621. The van der Waals surface area contributed by atoms with Crippen LogP contribution in [0.5, 0.6) is 5.88 Å². The molecule has 36 heavy (non-hydrogen) atoms. The summed E-state index contributed by atoms with van der Waals surface area (Å²) in [5.74, 6) is -0.986. The number of hydrogen-bond acceptors (Lipinski definition) is 11. The lowest BCUT2D eigenvalue weighted by molar-refractivity contribution is 0.0601. The fraction of sp³-hybridized carbons (Fsp3) is 0.190. The van der Waals surface area contributed by atoms with Gasteiger partial charge in [-0.1, -0.05) is 0 Å². The summed E-state index contributed by atoms with van der Waals surface area (Å²) in [6.07, 6.45) is 1.17. The molecule has 0 atom stereocenters. The Bertz CT molecular complexity index is 1410. The van der Waals surface area contributed by atoms with Gasteiger partial charge in [-0.25, -0.2) is 28.0 Å². The third-order valence-corrected chi connectivity index (χ3v) is 7.41. The number of nitrogens with zero attached hydrogens (tertiary/aromatic N) is 2. The number of anilines is 3. The Labute approximate surface area is 216 Å². The Morgan fingerprint density at radius 2 is 1.67 bits per heavy atom. The molecule has 3 N–H and O–H groups in total. The van der Waals surface area contributed by atoms with Gasteiger partial charge in [0.25, 0.3) is 10.0 Å². The van der Waals surface area contributed by atoms with Crippen LogP contribution in [-0.2, 0) is 19.5 Å². The van der Waals surface area contributed by atoms with Crippen molar-refractivity contribution in [1.29, 1.82) is 0 Å². The van der Waals surface area contributed by atoms with E-state index in [2.05, 4.69) is 25.3 Å². The van der Waals surface area contributed by atoms with Crippen LogP contribution in [0.2, 0.25) is 0 Å². The van der Waals surface area contributed by atoms with E-state index in [1.807, 2.05) is 0 Å². The van der Waals surface area contributed by atoms with Crippen LogP contribution < -0.4 is 20.1 Å². The number of esters is 2. The number of carbonyl (C=O) groups excluding carboxylic acids is 2. The lowest BCUT2D eigenvalue weighted by Gasteiger charge is -2.12. The minimum atomic E-state index is -3.93. The zero-order valence-electron chi connectivity index (χ0n) is 19.4. The molecule has 0 fully saturated rings. The van der Waals surface area contributed by atoms with Crippen LogP contribution in [0.25, 0.3) is 0 Å². The Kier molecular flexibility index (Phi) is 8.39. The highest BCUT2D eigenvalue weighted by Crippen LogP contribution is 2.34. The van der Waals surface area contributed by atoms with E-state index in [1.54, 1.807) is 6.92 Å². The van der Waals surface area contributed by atoms with Crippen LogP contribution in [0, 0.1) is 6.92 Å². The minimum Gasteiger partial charge on any atom is -0.481 e. The standard InChI is InChI=1S/C21H21N5O7S3/c1-11-16(19(27)32-3)18(35-17(11)20(28)33-4)25-21(34)24-12-5-7-13(8-6-12)36(29,30)26-14-9-15(31-2)23-10-22-14/h5-10H,1-4H3,(H,22,23,26)(H2,24,25,34). The SMILES string of the molecule is COC(=O)c1sc(NC(=S)Nc2ccc(S(=O)(=O)Nc3cc(OC)ncn3)cc2)c(C(=O)OC)c1C. The fourth-order valence-electron chi connectivity index (χ4n) is 2.92. The molecule has 0 unspecified atom stereocenters. The first-order valence-corrected chi connectivity index (χ1v) is 12.7. The quantitative estimate of drug-likeness (QED) is 0.278. The summed E-state index contributed by atoms with van der Waals surface area (Å²) in [4.78, 5) is 32.2. The maximum Gasteiger partial charge on any atom is 0.348 e. The van der Waals surface area contributed by atoms with Crippen molar-refractivity contribution >= 4 is 67.1 Å². The van der Waals surface area contributed by atoms with Gasteiger partial charge >= 0.3 is 11.9 Å². The number of carbonyl (C=O) groups is 2. The van der Waals surface area contributed by atoms with Crippen molar-refractivity contribution in [3.05, 3.63) is 52.7 Å². The largest absolute Gasteiger partial charge is 0.481 e. The molecule has 0 saturated heterocycles. The summed E-state index contributed by atoms with van der Waals surface area (Å²) in [6, 6.07) is 7.10. The maximum absolute atomic E-state index is 12.7. The van der Waals surface area contributed by atoms with E-state index in [9.17, 15) is 18.0 Å². The molecule has 3 aromatic rings. The van der Waals surface area contributed by atoms with Crippen LogP contribution in [0.4, 0.5) is 16.5 Å². The Hall–Kier alpha value is -3.82. The highest BCUT2D eigenvalue weighted by Gasteiger charge is 2.26. The lowest BCUT2D eigenvalue weighted by atomic mass is 10.1. The fourth-order valence-corrected chi connectivity index (χ4v) is 5.32. The first kappa shape index (κ1) is 26.8. The van der Waals surface area contributed by atoms with Crippen LogP contribution in [0.15, 0.2) is 41.6 Å². The third-order valence-electron chi connectivity index (χ3n) is 4.65. The molecule has 12 nitrogen and oxygen atoms in total. The van der Waals surface area contributed by atoms with E-state index in [4.69, 9.17) is 26.4 Å². The van der Waals surface area contributed by atoms with Gasteiger partial charge in [0.2, 0.25) is 5.88 Å². The van der Waals surface area contributed by atoms with Crippen LogP contribution >= 0.6 is 23.6 Å².